The van der Waals surface area contributed by atoms with E-state index in [9.17, 15) is 0 Å². The van der Waals surface area contributed by atoms with Gasteiger partial charge in [-0.25, -0.2) is 0 Å². The number of nitrogens with one attached hydrogen (secondary N) is 3. The van der Waals surface area contributed by atoms with Crippen molar-refractivity contribution in [1.29, 1.82) is 0 Å². The van der Waals surface area contributed by atoms with Gasteiger partial charge in [-0.1, -0.05) is 31.5 Å². The summed E-state index contributed by atoms with van der Waals surface area (Å²) < 4.78 is 5.56. The van der Waals surface area contributed by atoms with E-state index in [1.165, 1.54) is 22.9 Å². The highest BCUT2D eigenvalue weighted by molar-refractivity contribution is 14.0. The largest absolute Gasteiger partial charge is 0.381 e. The lowest BCUT2D eigenvalue weighted by atomic mass is 10.1. The van der Waals surface area contributed by atoms with Crippen LogP contribution in [0.3, 0.4) is 0 Å². The monoisotopic (exact) mass is 458 g/mol. The molecule has 0 saturated carbocycles. The Balaban J connectivity index is 0.00000312. The van der Waals surface area contributed by atoms with Crippen LogP contribution in [0.4, 0.5) is 0 Å². The van der Waals surface area contributed by atoms with Gasteiger partial charge in [-0.2, -0.15) is 0 Å². The molecule has 1 heterocycles. The van der Waals surface area contributed by atoms with Gasteiger partial charge in [0.05, 0.1) is 0 Å². The average Bonchev–Trinajstić information content (AvgIpc) is 3.02. The van der Waals surface area contributed by atoms with Crippen LogP contribution in [0.25, 0.3) is 10.9 Å². The van der Waals surface area contributed by atoms with E-state index >= 15 is 0 Å². The van der Waals surface area contributed by atoms with Crippen molar-refractivity contribution in [1.82, 2.24) is 15.6 Å². The molecule has 1 aromatic heterocycles. The summed E-state index contributed by atoms with van der Waals surface area (Å²) in [4.78, 5) is 7.58. The Bertz CT molecular complexity index is 627. The molecule has 0 aliphatic carbocycles. The van der Waals surface area contributed by atoms with Crippen LogP contribution in [0.5, 0.6) is 0 Å². The number of fused-ring (bicyclic) bond motifs is 1. The minimum absolute atomic E-state index is 0. The third-order valence-electron chi connectivity index (χ3n) is 3.99. The van der Waals surface area contributed by atoms with Gasteiger partial charge in [0.2, 0.25) is 0 Å². The highest BCUT2D eigenvalue weighted by Crippen LogP contribution is 2.17. The normalized spacial score (nSPS) is 11.4. The standard InChI is InChI=1S/C19H30N4O.HI/c1-3-4-13-24-14-7-11-21-19(20-2)22-12-10-16-15-23-18-9-6-5-8-17(16)18;/h5-6,8-9,15,23H,3-4,7,10-14H2,1-2H3,(H2,20,21,22);1H. The lowest BCUT2D eigenvalue weighted by Crippen LogP contribution is -2.39. The number of hydrogen-bond acceptors (Lipinski definition) is 2. The van der Waals surface area contributed by atoms with Crippen molar-refractivity contribution in [3.63, 3.8) is 0 Å². The molecule has 0 saturated heterocycles. The Morgan fingerprint density at radius 3 is 2.68 bits per heavy atom. The molecule has 6 heteroatoms. The number of aromatic nitrogens is 1. The minimum atomic E-state index is 0. The summed E-state index contributed by atoms with van der Waals surface area (Å²) in [6.45, 7) is 5.58. The molecule has 0 radical (unpaired) electrons. The van der Waals surface area contributed by atoms with E-state index in [2.05, 4.69) is 58.0 Å². The van der Waals surface area contributed by atoms with Crippen molar-refractivity contribution in [2.75, 3.05) is 33.4 Å². The van der Waals surface area contributed by atoms with Crippen LogP contribution in [0.2, 0.25) is 0 Å². The molecular weight excluding hydrogens is 427 g/mol. The number of aliphatic imine (C=N–C) groups is 1. The zero-order chi connectivity index (χ0) is 17.0. The average molecular weight is 458 g/mol. The van der Waals surface area contributed by atoms with Gasteiger partial charge in [0.1, 0.15) is 0 Å². The number of ether oxygens (including phenoxy) is 1. The topological polar surface area (TPSA) is 61.4 Å². The molecule has 0 aliphatic rings. The Labute approximate surface area is 168 Å². The number of unbranched alkanes of at least 4 members (excludes halogenated alkanes) is 1. The molecule has 3 N–H and O–H groups in total. The number of rotatable bonds is 10. The van der Waals surface area contributed by atoms with Gasteiger partial charge in [0.15, 0.2) is 5.96 Å². The molecule has 5 nitrogen and oxygen atoms in total. The van der Waals surface area contributed by atoms with Crippen LogP contribution in [-0.4, -0.2) is 44.3 Å². The van der Waals surface area contributed by atoms with Crippen LogP contribution >= 0.6 is 24.0 Å². The Kier molecular flexibility index (Phi) is 11.3. The van der Waals surface area contributed by atoms with E-state index in [0.717, 1.165) is 51.5 Å². The predicted octanol–water partition coefficient (Wildman–Crippen LogP) is 3.70. The molecule has 2 aromatic rings. The quantitative estimate of drug-likeness (QED) is 0.220. The van der Waals surface area contributed by atoms with Crippen LogP contribution in [0.1, 0.15) is 31.7 Å². The number of H-pyrrole nitrogens is 1. The van der Waals surface area contributed by atoms with Crippen molar-refractivity contribution >= 4 is 40.8 Å². The Hall–Kier alpha value is -1.28. The zero-order valence-corrected chi connectivity index (χ0v) is 17.6. The first kappa shape index (κ1) is 21.8. The van der Waals surface area contributed by atoms with Gasteiger partial charge in [0, 0.05) is 50.5 Å². The first-order valence-electron chi connectivity index (χ1n) is 8.92. The number of benzene rings is 1. The summed E-state index contributed by atoms with van der Waals surface area (Å²) in [5, 5.41) is 7.99. The lowest BCUT2D eigenvalue weighted by molar-refractivity contribution is 0.129. The van der Waals surface area contributed by atoms with Gasteiger partial charge in [-0.05, 0) is 30.9 Å². The lowest BCUT2D eigenvalue weighted by Gasteiger charge is -2.11. The summed E-state index contributed by atoms with van der Waals surface area (Å²) in [5.41, 5.74) is 2.52. The molecule has 0 unspecified atom stereocenters. The molecule has 0 spiro atoms. The number of hydrogen-bond donors (Lipinski definition) is 3. The number of nitrogens with zero attached hydrogens (tertiary/aromatic N) is 1. The third-order valence-corrected chi connectivity index (χ3v) is 3.99. The van der Waals surface area contributed by atoms with Gasteiger partial charge >= 0.3 is 0 Å². The second kappa shape index (κ2) is 13.0. The summed E-state index contributed by atoms with van der Waals surface area (Å²) in [7, 11) is 1.80. The Morgan fingerprint density at radius 1 is 1.12 bits per heavy atom. The SMILES string of the molecule is CCCCOCCCNC(=NC)NCCc1c[nH]c2ccccc12.I. The molecule has 0 atom stereocenters. The molecule has 0 amide bonds. The van der Waals surface area contributed by atoms with Crippen molar-refractivity contribution in [2.24, 2.45) is 4.99 Å². The summed E-state index contributed by atoms with van der Waals surface area (Å²) in [5.74, 6) is 0.850. The third kappa shape index (κ3) is 7.64. The smallest absolute Gasteiger partial charge is 0.190 e. The second-order valence-electron chi connectivity index (χ2n) is 5.85. The van der Waals surface area contributed by atoms with Crippen LogP contribution in [0, 0.1) is 0 Å². The number of halogens is 1. The summed E-state index contributed by atoms with van der Waals surface area (Å²) in [6.07, 6.45) is 6.38. The maximum atomic E-state index is 5.56. The van der Waals surface area contributed by atoms with E-state index in [-0.39, 0.29) is 24.0 Å². The fourth-order valence-electron chi connectivity index (χ4n) is 2.60. The molecule has 1 aromatic carbocycles. The van der Waals surface area contributed by atoms with Crippen molar-refractivity contribution in [3.05, 3.63) is 36.0 Å². The molecule has 2 rings (SSSR count). The second-order valence-corrected chi connectivity index (χ2v) is 5.85. The van der Waals surface area contributed by atoms with Crippen molar-refractivity contribution in [3.8, 4) is 0 Å². The zero-order valence-electron chi connectivity index (χ0n) is 15.3. The fourth-order valence-corrected chi connectivity index (χ4v) is 2.60. The minimum Gasteiger partial charge on any atom is -0.381 e. The van der Waals surface area contributed by atoms with Crippen LogP contribution < -0.4 is 10.6 Å². The maximum Gasteiger partial charge on any atom is 0.190 e. The number of para-hydroxylation sites is 1. The highest BCUT2D eigenvalue weighted by Gasteiger charge is 2.03. The molecule has 0 fully saturated rings. The van der Waals surface area contributed by atoms with E-state index in [0.29, 0.717) is 0 Å². The maximum absolute atomic E-state index is 5.56. The molecule has 0 bridgehead atoms. The predicted molar refractivity (Wildman–Crippen MR) is 117 cm³/mol. The fraction of sp³-hybridized carbons (Fsp3) is 0.526. The first-order chi connectivity index (χ1) is 11.8. The molecular formula is C19H31IN4O. The van der Waals surface area contributed by atoms with Gasteiger partial charge in [-0.15, -0.1) is 24.0 Å². The van der Waals surface area contributed by atoms with Gasteiger partial charge < -0.3 is 20.4 Å². The molecule has 0 aliphatic heterocycles. The summed E-state index contributed by atoms with van der Waals surface area (Å²) >= 11 is 0. The molecule has 140 valence electrons. The number of aromatic amines is 1. The number of guanidine groups is 1. The molecule has 25 heavy (non-hydrogen) atoms. The van der Waals surface area contributed by atoms with E-state index in [4.69, 9.17) is 4.74 Å². The first-order valence-corrected chi connectivity index (χ1v) is 8.92. The highest BCUT2D eigenvalue weighted by atomic mass is 127. The van der Waals surface area contributed by atoms with Crippen molar-refractivity contribution in [2.45, 2.75) is 32.6 Å². The van der Waals surface area contributed by atoms with E-state index in [1.807, 2.05) is 0 Å². The van der Waals surface area contributed by atoms with Crippen molar-refractivity contribution < 1.29 is 4.74 Å². The van der Waals surface area contributed by atoms with Gasteiger partial charge in [0.25, 0.3) is 0 Å². The van der Waals surface area contributed by atoms with E-state index in [1.54, 1.807) is 7.05 Å². The van der Waals surface area contributed by atoms with Gasteiger partial charge in [-0.3, -0.25) is 4.99 Å². The van der Waals surface area contributed by atoms with E-state index < -0.39 is 0 Å². The Morgan fingerprint density at radius 2 is 1.88 bits per heavy atom. The van der Waals surface area contributed by atoms with Crippen LogP contribution in [0.15, 0.2) is 35.5 Å². The van der Waals surface area contributed by atoms with Crippen LogP contribution in [-0.2, 0) is 11.2 Å². The summed E-state index contributed by atoms with van der Waals surface area (Å²) in [6, 6.07) is 8.40.